The third-order valence-corrected chi connectivity index (χ3v) is 3.07. The van der Waals surface area contributed by atoms with Gasteiger partial charge in [0.1, 0.15) is 0 Å². The minimum Gasteiger partial charge on any atom is -0.317 e. The van der Waals surface area contributed by atoms with E-state index in [1.54, 1.807) is 12.1 Å². The van der Waals surface area contributed by atoms with Gasteiger partial charge in [-0.05, 0) is 38.1 Å². The molecule has 0 spiro atoms. The number of benzene rings is 1. The summed E-state index contributed by atoms with van der Waals surface area (Å²) in [7, 11) is 0. The number of rotatable bonds is 3. The van der Waals surface area contributed by atoms with Crippen LogP contribution in [-0.4, -0.2) is 23.8 Å². The van der Waals surface area contributed by atoms with E-state index >= 15 is 0 Å². The number of nitro benzene ring substituents is 1. The van der Waals surface area contributed by atoms with Gasteiger partial charge < -0.3 is 5.32 Å². The molecule has 1 heterocycles. The zero-order chi connectivity index (χ0) is 12.3. The molecule has 0 atom stereocenters. The lowest BCUT2D eigenvalue weighted by Gasteiger charge is -2.21. The van der Waals surface area contributed by atoms with Gasteiger partial charge in [0.05, 0.1) is 4.92 Å². The normalized spacial score (nSPS) is 15.8. The van der Waals surface area contributed by atoms with Gasteiger partial charge in [0.2, 0.25) is 0 Å². The molecule has 1 aromatic carbocycles. The summed E-state index contributed by atoms with van der Waals surface area (Å²) in [5.41, 5.74) is 0.592. The molecule has 1 aliphatic heterocycles. The molecule has 0 amide bonds. The summed E-state index contributed by atoms with van der Waals surface area (Å²) in [6.45, 7) is 1.73. The molecule has 0 aromatic heterocycles. The van der Waals surface area contributed by atoms with Crippen molar-refractivity contribution in [2.24, 2.45) is 5.92 Å². The van der Waals surface area contributed by atoms with Gasteiger partial charge in [-0.1, -0.05) is 0 Å². The monoisotopic (exact) mass is 270 g/mol. The summed E-state index contributed by atoms with van der Waals surface area (Å²) >= 11 is 0. The molecular weight excluding hydrogens is 256 g/mol. The Morgan fingerprint density at radius 3 is 2.28 bits per heavy atom. The average molecular weight is 271 g/mol. The van der Waals surface area contributed by atoms with Crippen molar-refractivity contribution in [3.63, 3.8) is 0 Å². The zero-order valence-corrected chi connectivity index (χ0v) is 10.6. The van der Waals surface area contributed by atoms with Crippen LogP contribution in [0.3, 0.4) is 0 Å². The summed E-state index contributed by atoms with van der Waals surface area (Å²) in [5.74, 6) is 0.152. The number of nitrogens with zero attached hydrogens (tertiary/aromatic N) is 1. The molecular formula is C12H15ClN2O3. The molecule has 1 aromatic rings. The average Bonchev–Trinajstić information content (AvgIpc) is 2.39. The van der Waals surface area contributed by atoms with Crippen LogP contribution < -0.4 is 5.32 Å². The van der Waals surface area contributed by atoms with E-state index in [-0.39, 0.29) is 29.8 Å². The standard InChI is InChI=1S/C12H14N2O3.ClH/c15-12(10-5-7-13-8-6-10)9-1-3-11(4-2-9)14(16)17;/h1-4,10,13H,5-8H2;1H. The van der Waals surface area contributed by atoms with Gasteiger partial charge in [0, 0.05) is 23.6 Å². The molecule has 98 valence electrons. The van der Waals surface area contributed by atoms with Gasteiger partial charge in [-0.25, -0.2) is 0 Å². The maximum absolute atomic E-state index is 12.1. The minimum atomic E-state index is -0.460. The molecule has 1 N–H and O–H groups in total. The highest BCUT2D eigenvalue weighted by Crippen LogP contribution is 2.20. The number of carbonyl (C=O) groups is 1. The first-order valence-corrected chi connectivity index (χ1v) is 5.68. The first-order valence-electron chi connectivity index (χ1n) is 5.68. The number of hydrogen-bond acceptors (Lipinski definition) is 4. The van der Waals surface area contributed by atoms with Crippen LogP contribution in [-0.2, 0) is 0 Å². The summed E-state index contributed by atoms with van der Waals surface area (Å²) in [5, 5.41) is 13.7. The number of carbonyl (C=O) groups excluding carboxylic acids is 1. The molecule has 0 saturated carbocycles. The second-order valence-electron chi connectivity index (χ2n) is 4.19. The summed E-state index contributed by atoms with van der Waals surface area (Å²) in [6.07, 6.45) is 1.69. The van der Waals surface area contributed by atoms with E-state index in [2.05, 4.69) is 5.32 Å². The second-order valence-corrected chi connectivity index (χ2v) is 4.19. The lowest BCUT2D eigenvalue weighted by molar-refractivity contribution is -0.384. The van der Waals surface area contributed by atoms with Crippen molar-refractivity contribution >= 4 is 23.9 Å². The number of nitro groups is 1. The first-order chi connectivity index (χ1) is 8.18. The van der Waals surface area contributed by atoms with Crippen LogP contribution in [0.25, 0.3) is 0 Å². The van der Waals surface area contributed by atoms with Crippen molar-refractivity contribution in [2.45, 2.75) is 12.8 Å². The Morgan fingerprint density at radius 2 is 1.78 bits per heavy atom. The third kappa shape index (κ3) is 3.27. The maximum Gasteiger partial charge on any atom is 0.269 e. The number of halogens is 1. The van der Waals surface area contributed by atoms with Crippen molar-refractivity contribution in [3.05, 3.63) is 39.9 Å². The van der Waals surface area contributed by atoms with E-state index in [0.717, 1.165) is 25.9 Å². The van der Waals surface area contributed by atoms with Crippen LogP contribution in [0.4, 0.5) is 5.69 Å². The smallest absolute Gasteiger partial charge is 0.269 e. The lowest BCUT2D eigenvalue weighted by Crippen LogP contribution is -2.31. The fourth-order valence-corrected chi connectivity index (χ4v) is 2.07. The molecule has 1 saturated heterocycles. The van der Waals surface area contributed by atoms with E-state index in [1.165, 1.54) is 12.1 Å². The van der Waals surface area contributed by atoms with Gasteiger partial charge in [0.15, 0.2) is 5.78 Å². The lowest BCUT2D eigenvalue weighted by atomic mass is 9.89. The number of ketones is 1. The topological polar surface area (TPSA) is 72.2 Å². The second kappa shape index (κ2) is 6.47. The number of piperidine rings is 1. The highest BCUT2D eigenvalue weighted by molar-refractivity contribution is 5.98. The highest BCUT2D eigenvalue weighted by Gasteiger charge is 2.22. The van der Waals surface area contributed by atoms with Gasteiger partial charge in [-0.3, -0.25) is 14.9 Å². The van der Waals surface area contributed by atoms with Crippen molar-refractivity contribution in [1.82, 2.24) is 5.32 Å². The summed E-state index contributed by atoms with van der Waals surface area (Å²) in [6, 6.07) is 5.85. The molecule has 0 radical (unpaired) electrons. The number of non-ortho nitro benzene ring substituents is 1. The summed E-state index contributed by atoms with van der Waals surface area (Å²) in [4.78, 5) is 22.1. The van der Waals surface area contributed by atoms with Gasteiger partial charge in [-0.15, -0.1) is 12.4 Å². The molecule has 5 nitrogen and oxygen atoms in total. The predicted octanol–water partition coefficient (Wildman–Crippen LogP) is 2.20. The quantitative estimate of drug-likeness (QED) is 0.519. The Kier molecular flexibility index (Phi) is 5.25. The Hall–Kier alpha value is -1.46. The van der Waals surface area contributed by atoms with Gasteiger partial charge >= 0.3 is 0 Å². The molecule has 1 aliphatic rings. The van der Waals surface area contributed by atoms with E-state index < -0.39 is 4.92 Å². The molecule has 1 fully saturated rings. The SMILES string of the molecule is Cl.O=C(c1ccc([N+](=O)[O-])cc1)C1CCNCC1. The Labute approximate surface area is 111 Å². The Bertz CT molecular complexity index is 427. The molecule has 0 unspecified atom stereocenters. The molecule has 6 heteroatoms. The number of nitrogens with one attached hydrogen (secondary N) is 1. The molecule has 2 rings (SSSR count). The maximum atomic E-state index is 12.1. The first kappa shape index (κ1) is 14.6. The molecule has 0 aliphatic carbocycles. The van der Waals surface area contributed by atoms with Crippen molar-refractivity contribution in [1.29, 1.82) is 0 Å². The van der Waals surface area contributed by atoms with Crippen molar-refractivity contribution < 1.29 is 9.72 Å². The highest BCUT2D eigenvalue weighted by atomic mass is 35.5. The fraction of sp³-hybridized carbons (Fsp3) is 0.417. The van der Waals surface area contributed by atoms with Crippen LogP contribution in [0.1, 0.15) is 23.2 Å². The molecule has 18 heavy (non-hydrogen) atoms. The van der Waals surface area contributed by atoms with Crippen molar-refractivity contribution in [3.8, 4) is 0 Å². The summed E-state index contributed by atoms with van der Waals surface area (Å²) < 4.78 is 0. The van der Waals surface area contributed by atoms with E-state index in [1.807, 2.05) is 0 Å². The Morgan fingerprint density at radius 1 is 1.22 bits per heavy atom. The largest absolute Gasteiger partial charge is 0.317 e. The Balaban J connectivity index is 0.00000162. The zero-order valence-electron chi connectivity index (χ0n) is 9.80. The molecule has 0 bridgehead atoms. The number of hydrogen-bond donors (Lipinski definition) is 1. The predicted molar refractivity (Wildman–Crippen MR) is 70.3 cm³/mol. The third-order valence-electron chi connectivity index (χ3n) is 3.07. The van der Waals surface area contributed by atoms with Crippen LogP contribution in [0, 0.1) is 16.0 Å². The van der Waals surface area contributed by atoms with Crippen molar-refractivity contribution in [2.75, 3.05) is 13.1 Å². The van der Waals surface area contributed by atoms with Crippen LogP contribution in [0.15, 0.2) is 24.3 Å². The minimum absolute atomic E-state index is 0. The van der Waals surface area contributed by atoms with Crippen LogP contribution in [0.2, 0.25) is 0 Å². The van der Waals surface area contributed by atoms with Crippen LogP contribution >= 0.6 is 12.4 Å². The fourth-order valence-electron chi connectivity index (χ4n) is 2.07. The van der Waals surface area contributed by atoms with E-state index in [4.69, 9.17) is 0 Å². The number of Topliss-reactive ketones (excluding diaryl/α,β-unsaturated/α-hetero) is 1. The van der Waals surface area contributed by atoms with Gasteiger partial charge in [-0.2, -0.15) is 0 Å². The van der Waals surface area contributed by atoms with E-state index in [0.29, 0.717) is 5.56 Å². The van der Waals surface area contributed by atoms with Crippen LogP contribution in [0.5, 0.6) is 0 Å². The van der Waals surface area contributed by atoms with E-state index in [9.17, 15) is 14.9 Å². The van der Waals surface area contributed by atoms with Gasteiger partial charge in [0.25, 0.3) is 5.69 Å².